The molecule has 0 amide bonds. The number of fused-ring (bicyclic) bond motifs is 1. The molecule has 3 aliphatic rings. The highest BCUT2D eigenvalue weighted by Crippen LogP contribution is 2.52. The number of aromatic hydroxyl groups is 1. The van der Waals surface area contributed by atoms with E-state index in [0.717, 1.165) is 85.7 Å². The van der Waals surface area contributed by atoms with Crippen molar-refractivity contribution in [2.45, 2.75) is 115 Å². The number of allylic oxidation sites excluding steroid dienone is 1. The van der Waals surface area contributed by atoms with Crippen LogP contribution in [0.1, 0.15) is 116 Å². The van der Waals surface area contributed by atoms with Gasteiger partial charge in [0.1, 0.15) is 11.6 Å². The smallest absolute Gasteiger partial charge is 0.163 e. The molecule has 1 saturated heterocycles. The summed E-state index contributed by atoms with van der Waals surface area (Å²) in [6, 6.07) is 25.4. The van der Waals surface area contributed by atoms with Crippen molar-refractivity contribution in [2.75, 3.05) is 33.0 Å². The maximum Gasteiger partial charge on any atom is 0.163 e. The van der Waals surface area contributed by atoms with E-state index in [1.54, 1.807) is 18.2 Å². The summed E-state index contributed by atoms with van der Waals surface area (Å²) in [6.07, 6.45) is 21.6. The van der Waals surface area contributed by atoms with Gasteiger partial charge in [-0.1, -0.05) is 73.5 Å². The van der Waals surface area contributed by atoms with E-state index in [1.165, 1.54) is 81.2 Å². The lowest BCUT2D eigenvalue weighted by atomic mass is 9.61. The van der Waals surface area contributed by atoms with Crippen molar-refractivity contribution in [2.24, 2.45) is 23.2 Å². The van der Waals surface area contributed by atoms with Crippen molar-refractivity contribution in [1.29, 1.82) is 0 Å². The molecule has 1 aromatic heterocycles. The molecule has 0 radical (unpaired) electrons. The molecule has 8 heteroatoms. The summed E-state index contributed by atoms with van der Waals surface area (Å²) in [5.74, 6) is 2.89. The molecule has 2 saturated carbocycles. The van der Waals surface area contributed by atoms with Crippen LogP contribution in [0, 0.1) is 23.2 Å². The number of nitrogens with two attached hydrogens (primary N) is 1. The number of aromatic nitrogens is 1. The number of pyridine rings is 1. The molecule has 4 aromatic rings. The molecule has 324 valence electrons. The zero-order valence-corrected chi connectivity index (χ0v) is 36.6. The highest BCUT2D eigenvalue weighted by atomic mass is 16.5. The summed E-state index contributed by atoms with van der Waals surface area (Å²) in [6.45, 7) is 2.30. The van der Waals surface area contributed by atoms with Crippen LogP contribution in [0.15, 0.2) is 85.1 Å². The zero-order valence-electron chi connectivity index (χ0n) is 36.6. The molecule has 5 N–H and O–H groups in total. The predicted molar refractivity (Wildman–Crippen MR) is 247 cm³/mol. The van der Waals surface area contributed by atoms with Gasteiger partial charge in [-0.2, -0.15) is 0 Å². The number of hydrogen-bond donors (Lipinski definition) is 4. The van der Waals surface area contributed by atoms with Crippen LogP contribution in [0.5, 0.6) is 11.5 Å². The lowest BCUT2D eigenvalue weighted by Gasteiger charge is -2.49. The third-order valence-corrected chi connectivity index (χ3v) is 14.4. The number of piperidine rings is 1. The standard InChI is InChI=1S/C53H68N4O4/c1-55-49-22-20-42-35-56-27-23-47(42)48(49)34-53(24-6-7-25-53)26-9-14-45(58)33-46(59)21-19-40-31-51(61-2)50(60)30-43(40)29-44-36-57-52(54)32-41(44)18-17-39-13-8-12-38(28-39)16-15-37-10-4-3-5-11-37/h3-5,8,10-13,19,21,28,30-32,36,42,47-49,55-56,60H,6-7,9,14-18,20,22-27,29,33-35H2,1-2H3,(H2,54,57). The largest absolute Gasteiger partial charge is 0.504 e. The summed E-state index contributed by atoms with van der Waals surface area (Å²) in [5.41, 5.74) is 14.1. The Bertz CT molecular complexity index is 2110. The van der Waals surface area contributed by atoms with Crippen LogP contribution in [-0.2, 0) is 41.7 Å². The fourth-order valence-electron chi connectivity index (χ4n) is 11.1. The SMILES string of the molecule is CNC1CCC2CNCCC2C1CC1(CCCC(=O)CC(=O)C=Cc2cc(OC)c(O)cc2Cc2cnc(N)cc2CCc2cccc(CCc3ccccc3)c2)CCCC1. The van der Waals surface area contributed by atoms with Crippen LogP contribution < -0.4 is 21.1 Å². The maximum atomic E-state index is 13.3. The Morgan fingerprint density at radius 1 is 0.918 bits per heavy atom. The van der Waals surface area contributed by atoms with Gasteiger partial charge in [0.15, 0.2) is 17.3 Å². The number of nitrogens with one attached hydrogen (secondary N) is 2. The minimum Gasteiger partial charge on any atom is -0.504 e. The number of phenols is 1. The number of methoxy groups -OCH3 is 1. The van der Waals surface area contributed by atoms with Crippen molar-refractivity contribution in [3.8, 4) is 11.5 Å². The summed E-state index contributed by atoms with van der Waals surface area (Å²) in [7, 11) is 3.66. The van der Waals surface area contributed by atoms with Gasteiger partial charge in [-0.3, -0.25) is 9.59 Å². The second-order valence-electron chi connectivity index (χ2n) is 18.4. The van der Waals surface area contributed by atoms with E-state index >= 15 is 0 Å². The Morgan fingerprint density at radius 3 is 2.44 bits per heavy atom. The Labute approximate surface area is 364 Å². The summed E-state index contributed by atoms with van der Waals surface area (Å²) in [4.78, 5) is 31.0. The molecule has 4 unspecified atom stereocenters. The van der Waals surface area contributed by atoms with Gasteiger partial charge in [-0.15, -0.1) is 0 Å². The number of carbonyl (C=O) groups is 2. The number of nitrogens with zero attached hydrogens (tertiary/aromatic N) is 1. The summed E-state index contributed by atoms with van der Waals surface area (Å²) >= 11 is 0. The molecule has 0 bridgehead atoms. The molecular formula is C53H68N4O4. The van der Waals surface area contributed by atoms with Crippen LogP contribution in [0.2, 0.25) is 0 Å². The lowest BCUT2D eigenvalue weighted by Crippen LogP contribution is -2.51. The third-order valence-electron chi connectivity index (χ3n) is 14.4. The van der Waals surface area contributed by atoms with Gasteiger partial charge in [0, 0.05) is 18.7 Å². The van der Waals surface area contributed by atoms with Crippen molar-refractivity contribution in [3.63, 3.8) is 0 Å². The highest BCUT2D eigenvalue weighted by Gasteiger charge is 2.45. The van der Waals surface area contributed by atoms with Crippen molar-refractivity contribution in [3.05, 3.63) is 124 Å². The Hall–Kier alpha value is -4.79. The predicted octanol–water partition coefficient (Wildman–Crippen LogP) is 9.43. The van der Waals surface area contributed by atoms with Crippen LogP contribution >= 0.6 is 0 Å². The average molecular weight is 825 g/mol. The molecular weight excluding hydrogens is 757 g/mol. The molecule has 3 fully saturated rings. The van der Waals surface area contributed by atoms with Gasteiger partial charge in [0.25, 0.3) is 0 Å². The van der Waals surface area contributed by atoms with Crippen molar-refractivity contribution < 1.29 is 19.4 Å². The second kappa shape index (κ2) is 21.3. The van der Waals surface area contributed by atoms with Crippen LogP contribution in [0.3, 0.4) is 0 Å². The van der Waals surface area contributed by atoms with Gasteiger partial charge in [0.05, 0.1) is 13.5 Å². The fourth-order valence-corrected chi connectivity index (χ4v) is 11.1. The molecule has 1 aliphatic heterocycles. The first kappa shape index (κ1) is 44.3. The van der Waals surface area contributed by atoms with Crippen LogP contribution in [0.4, 0.5) is 5.82 Å². The maximum absolute atomic E-state index is 13.3. The number of nitrogen functional groups attached to an aromatic ring is 1. The molecule has 3 aromatic carbocycles. The topological polar surface area (TPSA) is 127 Å². The Balaban J connectivity index is 0.961. The highest BCUT2D eigenvalue weighted by molar-refractivity contribution is 6.06. The normalized spacial score (nSPS) is 21.0. The molecule has 2 heterocycles. The number of hydrogen-bond acceptors (Lipinski definition) is 8. The number of Topliss-reactive ketones (excluding diaryl/α,β-unsaturated/α-hetero) is 1. The lowest BCUT2D eigenvalue weighted by molar-refractivity contribution is -0.124. The molecule has 4 atom stereocenters. The fraction of sp³-hybridized carbons (Fsp3) is 0.491. The van der Waals surface area contributed by atoms with E-state index in [9.17, 15) is 14.7 Å². The van der Waals surface area contributed by atoms with Gasteiger partial charge >= 0.3 is 0 Å². The van der Waals surface area contributed by atoms with E-state index in [1.807, 2.05) is 12.3 Å². The average Bonchev–Trinajstić information content (AvgIpc) is 3.74. The van der Waals surface area contributed by atoms with Crippen molar-refractivity contribution in [1.82, 2.24) is 15.6 Å². The van der Waals surface area contributed by atoms with Gasteiger partial charge in [-0.25, -0.2) is 4.98 Å². The summed E-state index contributed by atoms with van der Waals surface area (Å²) < 4.78 is 5.46. The van der Waals surface area contributed by atoms with Gasteiger partial charge in [-0.05, 0) is 190 Å². The van der Waals surface area contributed by atoms with Crippen LogP contribution in [0.25, 0.3) is 6.08 Å². The van der Waals surface area contributed by atoms with E-state index < -0.39 is 0 Å². The van der Waals surface area contributed by atoms with E-state index in [4.69, 9.17) is 10.5 Å². The number of aryl methyl sites for hydroxylation is 4. The first-order chi connectivity index (χ1) is 29.7. The van der Waals surface area contributed by atoms with Crippen LogP contribution in [-0.4, -0.2) is 54.9 Å². The monoisotopic (exact) mass is 825 g/mol. The number of benzene rings is 3. The quantitative estimate of drug-likeness (QED) is 0.0513. The number of ketones is 2. The third kappa shape index (κ3) is 12.0. The van der Waals surface area contributed by atoms with Crippen molar-refractivity contribution >= 4 is 23.5 Å². The van der Waals surface area contributed by atoms with E-state index in [-0.39, 0.29) is 23.7 Å². The summed E-state index contributed by atoms with van der Waals surface area (Å²) in [5, 5.41) is 18.2. The minimum atomic E-state index is -0.213. The van der Waals surface area contributed by atoms with E-state index in [2.05, 4.69) is 77.3 Å². The molecule has 7 rings (SSSR count). The van der Waals surface area contributed by atoms with E-state index in [0.29, 0.717) is 41.8 Å². The zero-order chi connectivity index (χ0) is 42.6. The number of ether oxygens (including phenoxy) is 1. The first-order valence-electron chi connectivity index (χ1n) is 23.1. The Kier molecular flexibility index (Phi) is 15.5. The number of rotatable bonds is 20. The van der Waals surface area contributed by atoms with Gasteiger partial charge in [0.2, 0.25) is 0 Å². The molecule has 61 heavy (non-hydrogen) atoms. The molecule has 0 spiro atoms. The second-order valence-corrected chi connectivity index (χ2v) is 18.4. The first-order valence-corrected chi connectivity index (χ1v) is 23.1. The number of carbonyl (C=O) groups excluding carboxylic acids is 2. The molecule has 2 aliphatic carbocycles. The minimum absolute atomic E-state index is 0.00909. The molecule has 8 nitrogen and oxygen atoms in total. The number of phenolic OH excluding ortho intramolecular Hbond substituents is 1. The van der Waals surface area contributed by atoms with Gasteiger partial charge < -0.3 is 26.2 Å². The Morgan fingerprint density at radius 2 is 1.67 bits per heavy atom. The number of anilines is 1.